The Labute approximate surface area is 111 Å². The molecule has 1 aromatic heterocycles. The minimum atomic E-state index is -0.595. The fraction of sp³-hybridized carbons (Fsp3) is 0.583. The standard InChI is InChI=1S/C12H20N4O3/c1-3-16(4-2)6-5-13-10(17)7-9-8-11(18)15-12(19)14-9/h8H,3-7H2,1-2H3,(H,13,17)(H2,14,15,18,19)/p+1. The van der Waals surface area contributed by atoms with Gasteiger partial charge in [-0.2, -0.15) is 0 Å². The van der Waals surface area contributed by atoms with Crippen LogP contribution in [0.4, 0.5) is 0 Å². The first-order chi connectivity index (χ1) is 9.05. The molecule has 7 nitrogen and oxygen atoms in total. The molecule has 0 aliphatic carbocycles. The first-order valence-electron chi connectivity index (χ1n) is 6.48. The van der Waals surface area contributed by atoms with Gasteiger partial charge in [-0.25, -0.2) is 4.79 Å². The van der Waals surface area contributed by atoms with Gasteiger partial charge in [-0.3, -0.25) is 14.6 Å². The third-order valence-electron chi connectivity index (χ3n) is 2.97. The lowest BCUT2D eigenvalue weighted by atomic mass is 10.3. The molecule has 0 saturated carbocycles. The van der Waals surface area contributed by atoms with E-state index in [1.54, 1.807) is 0 Å². The maximum atomic E-state index is 11.6. The smallest absolute Gasteiger partial charge is 0.325 e. The lowest BCUT2D eigenvalue weighted by molar-refractivity contribution is -0.895. The molecule has 0 fully saturated rings. The SMILES string of the molecule is CC[NH+](CC)CCNC(=O)Cc1cc(=O)[nH]c(=O)[nH]1. The number of carbonyl (C=O) groups is 1. The van der Waals surface area contributed by atoms with Gasteiger partial charge >= 0.3 is 5.69 Å². The zero-order valence-electron chi connectivity index (χ0n) is 11.3. The van der Waals surface area contributed by atoms with E-state index in [0.717, 1.165) is 19.6 Å². The monoisotopic (exact) mass is 269 g/mol. The molecule has 0 bridgehead atoms. The van der Waals surface area contributed by atoms with Crippen LogP contribution >= 0.6 is 0 Å². The van der Waals surface area contributed by atoms with E-state index in [1.807, 2.05) is 0 Å². The molecule has 0 spiro atoms. The van der Waals surface area contributed by atoms with Crippen LogP contribution in [0.1, 0.15) is 19.5 Å². The van der Waals surface area contributed by atoms with Crippen molar-refractivity contribution in [2.24, 2.45) is 0 Å². The molecule has 1 rings (SSSR count). The Morgan fingerprint density at radius 3 is 2.53 bits per heavy atom. The van der Waals surface area contributed by atoms with Gasteiger partial charge in [0.15, 0.2) is 0 Å². The van der Waals surface area contributed by atoms with Gasteiger partial charge in [-0.15, -0.1) is 0 Å². The average Bonchev–Trinajstić information content (AvgIpc) is 2.33. The number of rotatable bonds is 7. The number of H-pyrrole nitrogens is 2. The minimum Gasteiger partial charge on any atom is -0.350 e. The van der Waals surface area contributed by atoms with Crippen LogP contribution in [0.25, 0.3) is 0 Å². The number of amides is 1. The molecule has 7 heteroatoms. The van der Waals surface area contributed by atoms with Gasteiger partial charge in [0.1, 0.15) is 0 Å². The Kier molecular flexibility index (Phi) is 6.01. The van der Waals surface area contributed by atoms with Crippen LogP contribution in [0.5, 0.6) is 0 Å². The van der Waals surface area contributed by atoms with Gasteiger partial charge in [0, 0.05) is 11.8 Å². The van der Waals surface area contributed by atoms with Crippen molar-refractivity contribution in [3.63, 3.8) is 0 Å². The third-order valence-corrected chi connectivity index (χ3v) is 2.97. The number of quaternary nitrogens is 1. The highest BCUT2D eigenvalue weighted by atomic mass is 16.2. The summed E-state index contributed by atoms with van der Waals surface area (Å²) in [4.78, 5) is 39.6. The second-order valence-corrected chi connectivity index (χ2v) is 4.35. The van der Waals surface area contributed by atoms with Crippen molar-refractivity contribution in [2.75, 3.05) is 26.2 Å². The lowest BCUT2D eigenvalue weighted by Crippen LogP contribution is -3.12. The highest BCUT2D eigenvalue weighted by Crippen LogP contribution is 1.87. The molecular weight excluding hydrogens is 248 g/mol. The highest BCUT2D eigenvalue weighted by Gasteiger charge is 2.07. The molecule has 0 aliphatic heterocycles. The van der Waals surface area contributed by atoms with Crippen molar-refractivity contribution in [3.05, 3.63) is 32.6 Å². The van der Waals surface area contributed by atoms with Crippen molar-refractivity contribution in [1.29, 1.82) is 0 Å². The van der Waals surface area contributed by atoms with E-state index in [0.29, 0.717) is 12.2 Å². The van der Waals surface area contributed by atoms with Crippen LogP contribution in [-0.4, -0.2) is 42.1 Å². The van der Waals surface area contributed by atoms with E-state index in [2.05, 4.69) is 29.1 Å². The van der Waals surface area contributed by atoms with Crippen LogP contribution in [0.2, 0.25) is 0 Å². The fourth-order valence-corrected chi connectivity index (χ4v) is 1.83. The van der Waals surface area contributed by atoms with Crippen LogP contribution in [0.3, 0.4) is 0 Å². The Hall–Kier alpha value is -1.89. The molecular formula is C12H21N4O3+. The summed E-state index contributed by atoms with van der Waals surface area (Å²) in [5.74, 6) is -0.201. The molecule has 0 atom stereocenters. The number of carbonyl (C=O) groups excluding carboxylic acids is 1. The van der Waals surface area contributed by atoms with E-state index in [1.165, 1.54) is 11.0 Å². The number of nitrogens with one attached hydrogen (secondary N) is 4. The van der Waals surface area contributed by atoms with Crippen LogP contribution in [-0.2, 0) is 11.2 Å². The van der Waals surface area contributed by atoms with E-state index >= 15 is 0 Å². The first-order valence-corrected chi connectivity index (χ1v) is 6.48. The van der Waals surface area contributed by atoms with Crippen molar-refractivity contribution in [2.45, 2.75) is 20.3 Å². The Morgan fingerprint density at radius 1 is 1.26 bits per heavy atom. The summed E-state index contributed by atoms with van der Waals surface area (Å²) < 4.78 is 0. The Balaban J connectivity index is 2.43. The summed E-state index contributed by atoms with van der Waals surface area (Å²) in [5, 5.41) is 2.78. The molecule has 1 amide bonds. The molecule has 106 valence electrons. The third kappa shape index (κ3) is 5.52. The molecule has 1 heterocycles. The Bertz CT molecular complexity index is 488. The van der Waals surface area contributed by atoms with Gasteiger partial charge in [0.05, 0.1) is 32.6 Å². The van der Waals surface area contributed by atoms with Gasteiger partial charge < -0.3 is 15.2 Å². The van der Waals surface area contributed by atoms with Gasteiger partial charge in [0.25, 0.3) is 5.56 Å². The molecule has 1 aromatic rings. The highest BCUT2D eigenvalue weighted by molar-refractivity contribution is 5.77. The van der Waals surface area contributed by atoms with Crippen LogP contribution in [0.15, 0.2) is 15.7 Å². The molecule has 0 aromatic carbocycles. The summed E-state index contributed by atoms with van der Waals surface area (Å²) in [6.07, 6.45) is 0.00669. The molecule has 4 N–H and O–H groups in total. The zero-order chi connectivity index (χ0) is 14.3. The predicted octanol–water partition coefficient (Wildman–Crippen LogP) is -2.35. The second-order valence-electron chi connectivity index (χ2n) is 4.35. The zero-order valence-corrected chi connectivity index (χ0v) is 11.3. The maximum absolute atomic E-state index is 11.6. The summed E-state index contributed by atoms with van der Waals surface area (Å²) in [6, 6.07) is 1.22. The second kappa shape index (κ2) is 7.52. The fourth-order valence-electron chi connectivity index (χ4n) is 1.83. The number of hydrogen-bond acceptors (Lipinski definition) is 3. The summed E-state index contributed by atoms with van der Waals surface area (Å²) >= 11 is 0. The molecule has 19 heavy (non-hydrogen) atoms. The number of hydrogen-bond donors (Lipinski definition) is 4. The van der Waals surface area contributed by atoms with E-state index in [9.17, 15) is 14.4 Å². The predicted molar refractivity (Wildman–Crippen MR) is 71.3 cm³/mol. The molecule has 0 aliphatic rings. The lowest BCUT2D eigenvalue weighted by Gasteiger charge is -2.15. The summed E-state index contributed by atoms with van der Waals surface area (Å²) in [7, 11) is 0. The van der Waals surface area contributed by atoms with Gasteiger partial charge in [0.2, 0.25) is 5.91 Å². The molecule has 0 unspecified atom stereocenters. The maximum Gasteiger partial charge on any atom is 0.325 e. The molecule has 0 radical (unpaired) electrons. The van der Waals surface area contributed by atoms with E-state index in [4.69, 9.17) is 0 Å². The number of aromatic amines is 2. The Morgan fingerprint density at radius 2 is 1.95 bits per heavy atom. The summed E-state index contributed by atoms with van der Waals surface area (Å²) in [6.45, 7) is 7.69. The largest absolute Gasteiger partial charge is 0.350 e. The van der Waals surface area contributed by atoms with Crippen molar-refractivity contribution in [3.8, 4) is 0 Å². The number of aromatic nitrogens is 2. The van der Waals surface area contributed by atoms with Crippen LogP contribution < -0.4 is 21.5 Å². The number of likely N-dealkylation sites (N-methyl/N-ethyl adjacent to an activating group) is 1. The van der Waals surface area contributed by atoms with E-state index < -0.39 is 11.2 Å². The summed E-state index contributed by atoms with van der Waals surface area (Å²) in [5.41, 5.74) is -0.775. The van der Waals surface area contributed by atoms with Crippen molar-refractivity contribution in [1.82, 2.24) is 15.3 Å². The van der Waals surface area contributed by atoms with Crippen molar-refractivity contribution >= 4 is 5.91 Å². The minimum absolute atomic E-state index is 0.00669. The topological polar surface area (TPSA) is 99.3 Å². The van der Waals surface area contributed by atoms with Gasteiger partial charge in [-0.1, -0.05) is 0 Å². The molecule has 0 saturated heterocycles. The quantitative estimate of drug-likeness (QED) is 0.446. The van der Waals surface area contributed by atoms with Crippen molar-refractivity contribution < 1.29 is 9.69 Å². The normalized spacial score (nSPS) is 10.7. The average molecular weight is 269 g/mol. The van der Waals surface area contributed by atoms with E-state index in [-0.39, 0.29) is 12.3 Å². The van der Waals surface area contributed by atoms with Crippen LogP contribution in [0, 0.1) is 0 Å². The van der Waals surface area contributed by atoms with Gasteiger partial charge in [-0.05, 0) is 13.8 Å². The first kappa shape index (κ1) is 15.2.